The molecule has 2 aliphatic heterocycles. The van der Waals surface area contributed by atoms with Crippen LogP contribution in [0.5, 0.6) is 0 Å². The van der Waals surface area contributed by atoms with Crippen LogP contribution in [0.25, 0.3) is 0 Å². The molecule has 2 rings (SSSR count). The van der Waals surface area contributed by atoms with Gasteiger partial charge in [0.25, 0.3) is 0 Å². The van der Waals surface area contributed by atoms with Crippen LogP contribution in [-0.4, -0.2) is 45.9 Å². The van der Waals surface area contributed by atoms with Gasteiger partial charge in [0.15, 0.2) is 0 Å². The molecule has 2 heterocycles. The van der Waals surface area contributed by atoms with E-state index >= 15 is 0 Å². The summed E-state index contributed by atoms with van der Waals surface area (Å²) >= 11 is 6.13. The average Bonchev–Trinajstić information content (AvgIpc) is 2.72. The van der Waals surface area contributed by atoms with Gasteiger partial charge in [0, 0.05) is 18.8 Å². The topological polar surface area (TPSA) is 23.6 Å². The maximum absolute atomic E-state index is 11.9. The summed E-state index contributed by atoms with van der Waals surface area (Å²) in [7, 11) is 0. The zero-order chi connectivity index (χ0) is 9.26. The third-order valence-corrected chi connectivity index (χ3v) is 4.02. The lowest BCUT2D eigenvalue weighted by molar-refractivity contribution is -0.132. The molecule has 2 fully saturated rings. The summed E-state index contributed by atoms with van der Waals surface area (Å²) in [4.78, 5) is 13.8. The Morgan fingerprint density at radius 3 is 2.85 bits per heavy atom. The highest BCUT2D eigenvalue weighted by molar-refractivity contribution is 7.99. The number of thioether (sulfide) groups is 1. The van der Waals surface area contributed by atoms with Gasteiger partial charge in [-0.2, -0.15) is 0 Å². The van der Waals surface area contributed by atoms with Crippen molar-refractivity contribution in [3.8, 4) is 0 Å². The van der Waals surface area contributed by atoms with Crippen molar-refractivity contribution in [3.63, 3.8) is 0 Å². The Morgan fingerprint density at radius 2 is 2.31 bits per heavy atom. The second-order valence-corrected chi connectivity index (χ2v) is 5.05. The number of amides is 1. The van der Waals surface area contributed by atoms with Crippen LogP contribution < -0.4 is 0 Å². The Kier molecular flexibility index (Phi) is 3.06. The third kappa shape index (κ3) is 1.97. The molecule has 5 heteroatoms. The summed E-state index contributed by atoms with van der Waals surface area (Å²) < 4.78 is 1.88. The zero-order valence-electron chi connectivity index (χ0n) is 7.48. The fourth-order valence-electron chi connectivity index (χ4n) is 1.80. The molecule has 74 valence electrons. The molecule has 13 heavy (non-hydrogen) atoms. The van der Waals surface area contributed by atoms with E-state index in [0.29, 0.717) is 0 Å². The fraction of sp³-hybridized carbons (Fsp3) is 0.875. The Morgan fingerprint density at radius 1 is 1.46 bits per heavy atom. The highest BCUT2D eigenvalue weighted by atomic mass is 32.2. The number of hydrogen-bond donors (Lipinski definition) is 1. The molecule has 0 aromatic rings. The quantitative estimate of drug-likeness (QED) is 0.660. The van der Waals surface area contributed by atoms with E-state index in [4.69, 9.17) is 0 Å². The molecule has 1 atom stereocenters. The van der Waals surface area contributed by atoms with E-state index in [2.05, 4.69) is 12.8 Å². The molecule has 0 radical (unpaired) electrons. The van der Waals surface area contributed by atoms with Gasteiger partial charge in [-0.25, -0.2) is 4.31 Å². The van der Waals surface area contributed by atoms with Crippen LogP contribution in [0.2, 0.25) is 0 Å². The normalized spacial score (nSPS) is 29.9. The summed E-state index contributed by atoms with van der Waals surface area (Å²) in [6, 6.07) is 0.0435. The second-order valence-electron chi connectivity index (χ2n) is 3.46. The summed E-state index contributed by atoms with van der Waals surface area (Å²) in [6.07, 6.45) is 2.07. The monoisotopic (exact) mass is 218 g/mol. The van der Waals surface area contributed by atoms with Crippen molar-refractivity contribution >= 4 is 30.5 Å². The predicted octanol–water partition coefficient (Wildman–Crippen LogP) is 0.829. The van der Waals surface area contributed by atoms with Gasteiger partial charge in [0.2, 0.25) is 5.91 Å². The van der Waals surface area contributed by atoms with E-state index in [1.165, 1.54) is 0 Å². The Balaban J connectivity index is 1.95. The van der Waals surface area contributed by atoms with Crippen LogP contribution in [0.3, 0.4) is 0 Å². The number of hydrogen-bond acceptors (Lipinski definition) is 4. The number of nitrogens with zero attached hydrogens (tertiary/aromatic N) is 2. The van der Waals surface area contributed by atoms with E-state index in [-0.39, 0.29) is 11.9 Å². The molecule has 0 N–H and O–H groups in total. The van der Waals surface area contributed by atoms with Crippen molar-refractivity contribution < 1.29 is 4.79 Å². The third-order valence-electron chi connectivity index (χ3n) is 2.57. The van der Waals surface area contributed by atoms with Crippen molar-refractivity contribution in [2.45, 2.75) is 18.9 Å². The summed E-state index contributed by atoms with van der Waals surface area (Å²) in [5.74, 6) is 2.24. The molecule has 3 nitrogen and oxygen atoms in total. The first kappa shape index (κ1) is 9.68. The average molecular weight is 218 g/mol. The van der Waals surface area contributed by atoms with Crippen molar-refractivity contribution in [3.05, 3.63) is 0 Å². The van der Waals surface area contributed by atoms with Crippen molar-refractivity contribution in [1.82, 2.24) is 9.21 Å². The van der Waals surface area contributed by atoms with E-state index in [9.17, 15) is 4.79 Å². The van der Waals surface area contributed by atoms with Crippen LogP contribution >= 0.6 is 24.6 Å². The van der Waals surface area contributed by atoms with Crippen molar-refractivity contribution in [2.75, 3.05) is 24.7 Å². The Labute approximate surface area is 88.4 Å². The highest BCUT2D eigenvalue weighted by Crippen LogP contribution is 2.23. The summed E-state index contributed by atoms with van der Waals surface area (Å²) in [6.45, 7) is 1.86. The van der Waals surface area contributed by atoms with Gasteiger partial charge < -0.3 is 4.90 Å². The molecule has 2 saturated heterocycles. The molecule has 0 bridgehead atoms. The van der Waals surface area contributed by atoms with Crippen LogP contribution in [0.1, 0.15) is 12.8 Å². The number of rotatable bonds is 1. The molecule has 2 aliphatic rings. The first-order chi connectivity index (χ1) is 6.29. The van der Waals surface area contributed by atoms with Gasteiger partial charge >= 0.3 is 0 Å². The van der Waals surface area contributed by atoms with Gasteiger partial charge in [0.05, 0.1) is 11.9 Å². The largest absolute Gasteiger partial charge is 0.331 e. The molecule has 0 aromatic heterocycles. The van der Waals surface area contributed by atoms with Crippen LogP contribution in [-0.2, 0) is 4.79 Å². The maximum atomic E-state index is 11.9. The fourth-order valence-corrected chi connectivity index (χ4v) is 3.11. The molecule has 0 aliphatic carbocycles. The van der Waals surface area contributed by atoms with E-state index in [1.54, 1.807) is 0 Å². The van der Waals surface area contributed by atoms with Crippen LogP contribution in [0.4, 0.5) is 0 Å². The number of carbonyl (C=O) groups is 1. The first-order valence-electron chi connectivity index (χ1n) is 4.61. The SMILES string of the molecule is O=C([C@H]1CCCN1S)N1CCSC1. The summed E-state index contributed by atoms with van der Waals surface area (Å²) in [5, 5.41) is 0. The minimum Gasteiger partial charge on any atom is -0.331 e. The number of thiol groups is 1. The lowest BCUT2D eigenvalue weighted by atomic mass is 10.2. The molecular formula is C8H14N2OS2. The van der Waals surface area contributed by atoms with Gasteiger partial charge in [-0.1, -0.05) is 12.8 Å². The molecule has 0 aromatic carbocycles. The maximum Gasteiger partial charge on any atom is 0.241 e. The van der Waals surface area contributed by atoms with Gasteiger partial charge in [-0.15, -0.1) is 11.8 Å². The van der Waals surface area contributed by atoms with Gasteiger partial charge in [-0.3, -0.25) is 4.79 Å². The van der Waals surface area contributed by atoms with E-state index in [1.807, 2.05) is 21.0 Å². The number of carbonyl (C=O) groups excluding carboxylic acids is 1. The minimum absolute atomic E-state index is 0.0435. The van der Waals surface area contributed by atoms with Crippen LogP contribution in [0.15, 0.2) is 0 Å². The minimum atomic E-state index is 0.0435. The van der Waals surface area contributed by atoms with E-state index in [0.717, 1.165) is 37.6 Å². The van der Waals surface area contributed by atoms with Crippen LogP contribution in [0, 0.1) is 0 Å². The van der Waals surface area contributed by atoms with Gasteiger partial charge in [-0.05, 0) is 12.8 Å². The lowest BCUT2D eigenvalue weighted by Crippen LogP contribution is -2.41. The molecule has 0 unspecified atom stereocenters. The second kappa shape index (κ2) is 4.11. The Bertz CT molecular complexity index is 206. The predicted molar refractivity (Wildman–Crippen MR) is 57.8 cm³/mol. The highest BCUT2D eigenvalue weighted by Gasteiger charge is 2.33. The van der Waals surface area contributed by atoms with Gasteiger partial charge in [0.1, 0.15) is 0 Å². The standard InChI is InChI=1S/C8H14N2OS2/c11-8(9-4-5-13-6-9)7-2-1-3-10(7)12/h7,12H,1-6H2/t7-/m1/s1. The Hall–Kier alpha value is 0.130. The molecular weight excluding hydrogens is 204 g/mol. The zero-order valence-corrected chi connectivity index (χ0v) is 9.19. The van der Waals surface area contributed by atoms with Crippen molar-refractivity contribution in [1.29, 1.82) is 0 Å². The molecule has 0 spiro atoms. The molecule has 0 saturated carbocycles. The smallest absolute Gasteiger partial charge is 0.241 e. The van der Waals surface area contributed by atoms with Crippen molar-refractivity contribution in [2.24, 2.45) is 0 Å². The summed E-state index contributed by atoms with van der Waals surface area (Å²) in [5.41, 5.74) is 0. The lowest BCUT2D eigenvalue weighted by Gasteiger charge is -2.23. The first-order valence-corrected chi connectivity index (χ1v) is 6.16. The molecule has 1 amide bonds. The van der Waals surface area contributed by atoms with E-state index < -0.39 is 0 Å².